The van der Waals surface area contributed by atoms with E-state index in [9.17, 15) is 19.2 Å². The highest BCUT2D eigenvalue weighted by Crippen LogP contribution is 2.30. The van der Waals surface area contributed by atoms with Crippen LogP contribution in [0.2, 0.25) is 0 Å². The summed E-state index contributed by atoms with van der Waals surface area (Å²) in [6.07, 6.45) is 2.55. The lowest BCUT2D eigenvalue weighted by molar-refractivity contribution is -0.140. The van der Waals surface area contributed by atoms with Gasteiger partial charge in [0.2, 0.25) is 5.91 Å². The summed E-state index contributed by atoms with van der Waals surface area (Å²) in [7, 11) is 1.53. The maximum Gasteiger partial charge on any atom is 0.341 e. The molecule has 0 heterocycles. The summed E-state index contributed by atoms with van der Waals surface area (Å²) in [4.78, 5) is 48.1. The van der Waals surface area contributed by atoms with Gasteiger partial charge in [-0.1, -0.05) is 0 Å². The lowest BCUT2D eigenvalue weighted by Gasteiger charge is -2.27. The number of Topliss-reactive ketones (excluding diaryl/α,β-unsaturated/α-hetero) is 1. The highest BCUT2D eigenvalue weighted by atomic mass is 16.5. The van der Waals surface area contributed by atoms with Crippen LogP contribution in [0, 0.1) is 23.2 Å². The number of rotatable bonds is 10. The van der Waals surface area contributed by atoms with Crippen LogP contribution in [0.15, 0.2) is 18.2 Å². The number of hydrogen-bond donors (Lipinski definition) is 2. The molecule has 0 bridgehead atoms. The molecule has 1 aliphatic rings. The van der Waals surface area contributed by atoms with Gasteiger partial charge >= 0.3 is 11.9 Å². The zero-order valence-electron chi connectivity index (χ0n) is 17.1. The third-order valence-corrected chi connectivity index (χ3v) is 4.98. The summed E-state index contributed by atoms with van der Waals surface area (Å²) in [5.74, 6) is -3.38. The number of nitrogens with zero attached hydrogens (tertiary/aromatic N) is 2. The molecule has 0 spiro atoms. The fraction of sp³-hybridized carbons (Fsp3) is 0.476. The third kappa shape index (κ3) is 6.99. The van der Waals surface area contributed by atoms with Crippen molar-refractivity contribution in [2.45, 2.75) is 25.7 Å². The third-order valence-electron chi connectivity index (χ3n) is 4.98. The Balaban J connectivity index is 2.06. The first kappa shape index (κ1) is 23.7. The van der Waals surface area contributed by atoms with Crippen molar-refractivity contribution >= 4 is 23.6 Å². The summed E-state index contributed by atoms with van der Waals surface area (Å²) >= 11 is 0. The largest absolute Gasteiger partial charge is 0.479 e. The van der Waals surface area contributed by atoms with Crippen LogP contribution in [-0.2, 0) is 14.4 Å². The molecule has 0 unspecified atom stereocenters. The molecule has 10 nitrogen and oxygen atoms in total. The Bertz CT molecular complexity index is 884. The number of aliphatic carboxylic acids is 2. The van der Waals surface area contributed by atoms with Crippen LogP contribution in [0.25, 0.3) is 0 Å². The van der Waals surface area contributed by atoms with Gasteiger partial charge in [0, 0.05) is 24.4 Å². The van der Waals surface area contributed by atoms with Crippen molar-refractivity contribution < 1.29 is 38.9 Å². The van der Waals surface area contributed by atoms with E-state index in [0.29, 0.717) is 25.7 Å². The van der Waals surface area contributed by atoms with Crippen molar-refractivity contribution in [3.05, 3.63) is 23.8 Å². The maximum absolute atomic E-state index is 12.7. The minimum absolute atomic E-state index is 0.0149. The van der Waals surface area contributed by atoms with E-state index in [2.05, 4.69) is 6.07 Å². The molecule has 2 rings (SSSR count). The molecule has 166 valence electrons. The lowest BCUT2D eigenvalue weighted by atomic mass is 9.82. The first-order chi connectivity index (χ1) is 14.7. The average molecular weight is 432 g/mol. The molecular weight excluding hydrogens is 408 g/mol. The molecule has 2 N–H and O–H groups in total. The molecule has 1 aromatic carbocycles. The molecule has 0 aliphatic heterocycles. The zero-order valence-corrected chi connectivity index (χ0v) is 17.1. The molecule has 1 amide bonds. The summed E-state index contributed by atoms with van der Waals surface area (Å²) < 4.78 is 10.2. The van der Waals surface area contributed by atoms with Crippen LogP contribution in [0.1, 0.15) is 36.0 Å². The normalized spacial score (nSPS) is 17.8. The number of carbonyl (C=O) groups is 4. The molecule has 0 atom stereocenters. The molecule has 1 aliphatic carbocycles. The Morgan fingerprint density at radius 1 is 1.03 bits per heavy atom. The molecule has 0 aromatic heterocycles. The number of carboxylic acid groups (broad SMARTS) is 2. The number of ketones is 1. The van der Waals surface area contributed by atoms with Crippen LogP contribution in [0.3, 0.4) is 0 Å². The maximum atomic E-state index is 12.7. The lowest BCUT2D eigenvalue weighted by Crippen LogP contribution is -2.38. The van der Waals surface area contributed by atoms with E-state index in [1.807, 2.05) is 0 Å². The fourth-order valence-corrected chi connectivity index (χ4v) is 3.36. The SMILES string of the molecule is CN(CC(=O)c1ccc(OCC(=O)O)c(OCC(=O)O)c1)C(=O)[C@H]1CC[C@H](C#N)CC1. The van der Waals surface area contributed by atoms with E-state index in [4.69, 9.17) is 24.9 Å². The first-order valence-electron chi connectivity index (χ1n) is 9.72. The second-order valence-corrected chi connectivity index (χ2v) is 7.32. The Labute approximate surface area is 179 Å². The Morgan fingerprint density at radius 2 is 1.61 bits per heavy atom. The Kier molecular flexibility index (Phi) is 8.37. The quantitative estimate of drug-likeness (QED) is 0.524. The van der Waals surface area contributed by atoms with Gasteiger partial charge in [0.25, 0.3) is 0 Å². The number of hydrogen-bond acceptors (Lipinski definition) is 7. The van der Waals surface area contributed by atoms with E-state index in [-0.39, 0.29) is 41.4 Å². The fourth-order valence-electron chi connectivity index (χ4n) is 3.36. The number of amides is 1. The van der Waals surface area contributed by atoms with Crippen LogP contribution in [-0.4, -0.2) is 65.5 Å². The first-order valence-corrected chi connectivity index (χ1v) is 9.72. The molecule has 1 saturated carbocycles. The second kappa shape index (κ2) is 11.0. The predicted molar refractivity (Wildman–Crippen MR) is 106 cm³/mol. The smallest absolute Gasteiger partial charge is 0.341 e. The molecule has 31 heavy (non-hydrogen) atoms. The molecule has 0 saturated heterocycles. The van der Waals surface area contributed by atoms with Gasteiger partial charge in [-0.15, -0.1) is 0 Å². The van der Waals surface area contributed by atoms with E-state index in [1.165, 1.54) is 30.1 Å². The van der Waals surface area contributed by atoms with Crippen molar-refractivity contribution in [3.8, 4) is 17.6 Å². The second-order valence-electron chi connectivity index (χ2n) is 7.32. The summed E-state index contributed by atoms with van der Waals surface area (Å²) in [6.45, 7) is -1.56. The van der Waals surface area contributed by atoms with E-state index >= 15 is 0 Å². The van der Waals surface area contributed by atoms with Gasteiger partial charge in [0.05, 0.1) is 12.6 Å². The predicted octanol–water partition coefficient (Wildman–Crippen LogP) is 1.58. The number of nitriles is 1. The standard InChI is InChI=1S/C21H24N2O8/c1-23(21(29)14-4-2-13(9-22)3-5-14)10-16(24)15-6-7-17(30-11-19(25)26)18(8-15)31-12-20(27)28/h6-8,13-14H,2-5,10-12H2,1H3,(H,25,26)(H,27,28)/t13-,14-. The van der Waals surface area contributed by atoms with E-state index in [0.717, 1.165) is 0 Å². The molecule has 0 radical (unpaired) electrons. The highest BCUT2D eigenvalue weighted by molar-refractivity contribution is 6.00. The van der Waals surface area contributed by atoms with Gasteiger partial charge in [-0.3, -0.25) is 9.59 Å². The van der Waals surface area contributed by atoms with Crippen molar-refractivity contribution in [1.29, 1.82) is 5.26 Å². The van der Waals surface area contributed by atoms with Gasteiger partial charge < -0.3 is 24.6 Å². The highest BCUT2D eigenvalue weighted by Gasteiger charge is 2.29. The van der Waals surface area contributed by atoms with Crippen LogP contribution in [0.4, 0.5) is 0 Å². The summed E-state index contributed by atoms with van der Waals surface area (Å²) in [6, 6.07) is 6.19. The molecule has 1 fully saturated rings. The minimum Gasteiger partial charge on any atom is -0.479 e. The number of likely N-dealkylation sites (N-methyl/N-ethyl adjacent to an activating group) is 1. The van der Waals surface area contributed by atoms with Gasteiger partial charge in [0.15, 0.2) is 30.5 Å². The number of carboxylic acids is 2. The van der Waals surface area contributed by atoms with Crippen LogP contribution < -0.4 is 9.47 Å². The number of ether oxygens (including phenoxy) is 2. The summed E-state index contributed by atoms with van der Waals surface area (Å²) in [5.41, 5.74) is 0.163. The van der Waals surface area contributed by atoms with Crippen molar-refractivity contribution in [1.82, 2.24) is 4.90 Å². The summed E-state index contributed by atoms with van der Waals surface area (Å²) in [5, 5.41) is 26.5. The number of benzene rings is 1. The Hall–Kier alpha value is -3.61. The van der Waals surface area contributed by atoms with Crippen LogP contribution in [0.5, 0.6) is 11.5 Å². The van der Waals surface area contributed by atoms with Gasteiger partial charge in [-0.05, 0) is 43.9 Å². The van der Waals surface area contributed by atoms with Crippen molar-refractivity contribution in [2.75, 3.05) is 26.8 Å². The molecule has 1 aromatic rings. The zero-order chi connectivity index (χ0) is 23.0. The van der Waals surface area contributed by atoms with Crippen LogP contribution >= 0.6 is 0 Å². The van der Waals surface area contributed by atoms with Gasteiger partial charge in [0.1, 0.15) is 0 Å². The Morgan fingerprint density at radius 3 is 2.16 bits per heavy atom. The number of carbonyl (C=O) groups excluding carboxylic acids is 2. The van der Waals surface area contributed by atoms with E-state index in [1.54, 1.807) is 0 Å². The monoisotopic (exact) mass is 432 g/mol. The van der Waals surface area contributed by atoms with E-state index < -0.39 is 30.9 Å². The minimum atomic E-state index is -1.25. The average Bonchev–Trinajstić information content (AvgIpc) is 2.75. The molecule has 10 heteroatoms. The van der Waals surface area contributed by atoms with Gasteiger partial charge in [-0.2, -0.15) is 5.26 Å². The van der Waals surface area contributed by atoms with Crippen molar-refractivity contribution in [3.63, 3.8) is 0 Å². The van der Waals surface area contributed by atoms with Gasteiger partial charge in [-0.25, -0.2) is 9.59 Å². The molecular formula is C21H24N2O8. The topological polar surface area (TPSA) is 154 Å². The van der Waals surface area contributed by atoms with Crippen molar-refractivity contribution in [2.24, 2.45) is 11.8 Å².